The van der Waals surface area contributed by atoms with E-state index in [4.69, 9.17) is 11.6 Å². The first-order valence-corrected chi connectivity index (χ1v) is 7.76. The zero-order chi connectivity index (χ0) is 17.0. The number of halogens is 1. The number of hydrogen-bond acceptors (Lipinski definition) is 7. The first-order valence-electron chi connectivity index (χ1n) is 6.44. The first-order chi connectivity index (χ1) is 10.9. The van der Waals surface area contributed by atoms with Gasteiger partial charge in [0.25, 0.3) is 5.69 Å². The Morgan fingerprint density at radius 1 is 1.57 bits per heavy atom. The van der Waals surface area contributed by atoms with E-state index in [1.165, 1.54) is 17.4 Å². The number of esters is 1. The van der Waals surface area contributed by atoms with E-state index in [9.17, 15) is 20.0 Å². The van der Waals surface area contributed by atoms with E-state index in [1.807, 2.05) is 5.38 Å². The fourth-order valence-corrected chi connectivity index (χ4v) is 2.86. The highest BCUT2D eigenvalue weighted by Gasteiger charge is 2.22. The predicted octanol–water partition coefficient (Wildman–Crippen LogP) is 3.24. The number of aliphatic hydroxyl groups excluding tert-OH is 1. The molecule has 0 bridgehead atoms. The lowest BCUT2D eigenvalue weighted by molar-refractivity contribution is -0.384. The Labute approximate surface area is 140 Å². The van der Waals surface area contributed by atoms with E-state index < -0.39 is 17.0 Å². The monoisotopic (exact) mass is 356 g/mol. The molecule has 0 spiro atoms. The number of rotatable bonds is 6. The minimum atomic E-state index is -0.820. The quantitative estimate of drug-likeness (QED) is 0.468. The highest BCUT2D eigenvalue weighted by Crippen LogP contribution is 2.32. The largest absolute Gasteiger partial charge is 0.465 e. The third-order valence-electron chi connectivity index (χ3n) is 3.10. The molecule has 1 aromatic heterocycles. The number of methoxy groups -OCH3 is 1. The molecule has 0 amide bonds. The summed E-state index contributed by atoms with van der Waals surface area (Å²) in [7, 11) is 1.16. The van der Waals surface area contributed by atoms with Crippen LogP contribution in [0.5, 0.6) is 0 Å². The van der Waals surface area contributed by atoms with Gasteiger partial charge in [-0.2, -0.15) is 11.3 Å². The zero-order valence-electron chi connectivity index (χ0n) is 12.0. The molecule has 0 radical (unpaired) electrons. The van der Waals surface area contributed by atoms with Crippen LogP contribution in [-0.4, -0.2) is 29.7 Å². The van der Waals surface area contributed by atoms with Crippen LogP contribution < -0.4 is 5.32 Å². The predicted molar refractivity (Wildman–Crippen MR) is 87.2 cm³/mol. The number of thiophene rings is 1. The average Bonchev–Trinajstić information content (AvgIpc) is 3.06. The van der Waals surface area contributed by atoms with Crippen LogP contribution in [0.1, 0.15) is 22.0 Å². The van der Waals surface area contributed by atoms with Gasteiger partial charge in [-0.1, -0.05) is 11.6 Å². The van der Waals surface area contributed by atoms with Crippen molar-refractivity contribution in [3.63, 3.8) is 0 Å². The summed E-state index contributed by atoms with van der Waals surface area (Å²) in [5.41, 5.74) is 0.404. The van der Waals surface area contributed by atoms with Crippen molar-refractivity contribution < 1.29 is 19.6 Å². The van der Waals surface area contributed by atoms with Gasteiger partial charge in [-0.25, -0.2) is 4.79 Å². The number of nitro benzene ring substituents is 1. The van der Waals surface area contributed by atoms with Gasteiger partial charge in [0.15, 0.2) is 0 Å². The summed E-state index contributed by atoms with van der Waals surface area (Å²) in [4.78, 5) is 22.1. The maximum absolute atomic E-state index is 11.6. The lowest BCUT2D eigenvalue weighted by Crippen LogP contribution is -2.13. The molecule has 0 saturated heterocycles. The summed E-state index contributed by atoms with van der Waals surface area (Å²) in [6, 6.07) is 4.08. The van der Waals surface area contributed by atoms with Crippen molar-refractivity contribution in [3.8, 4) is 0 Å². The molecule has 122 valence electrons. The van der Waals surface area contributed by atoms with Crippen molar-refractivity contribution >= 4 is 40.3 Å². The van der Waals surface area contributed by atoms with Crippen LogP contribution >= 0.6 is 22.9 Å². The molecule has 9 heteroatoms. The number of hydrogen-bond donors (Lipinski definition) is 2. The number of carbonyl (C=O) groups excluding carboxylic acids is 1. The van der Waals surface area contributed by atoms with Crippen LogP contribution in [-0.2, 0) is 4.74 Å². The fraction of sp³-hybridized carbons (Fsp3) is 0.214. The summed E-state index contributed by atoms with van der Waals surface area (Å²) in [6.07, 6.45) is -0.820. The van der Waals surface area contributed by atoms with Crippen molar-refractivity contribution in [2.24, 2.45) is 0 Å². The number of ether oxygens (including phenoxy) is 1. The minimum Gasteiger partial charge on any atom is -0.465 e. The maximum atomic E-state index is 11.6. The molecular weight excluding hydrogens is 344 g/mol. The number of carbonyl (C=O) groups is 1. The molecule has 0 aliphatic rings. The maximum Gasteiger partial charge on any atom is 0.339 e. The molecule has 1 unspecified atom stereocenters. The Bertz CT molecular complexity index is 720. The summed E-state index contributed by atoms with van der Waals surface area (Å²) in [5.74, 6) is -0.761. The molecular formula is C14H13ClN2O5S. The van der Waals surface area contributed by atoms with Gasteiger partial charge >= 0.3 is 5.97 Å². The van der Waals surface area contributed by atoms with Crippen LogP contribution in [0.25, 0.3) is 0 Å². The molecule has 0 fully saturated rings. The SMILES string of the molecule is COC(=O)c1cc([N+](=O)[O-])c(NCC(O)c2ccsc2)cc1Cl. The van der Waals surface area contributed by atoms with E-state index in [0.29, 0.717) is 5.56 Å². The van der Waals surface area contributed by atoms with Crippen LogP contribution in [0.15, 0.2) is 29.0 Å². The van der Waals surface area contributed by atoms with E-state index in [0.717, 1.165) is 13.2 Å². The molecule has 2 rings (SSSR count). The summed E-state index contributed by atoms with van der Waals surface area (Å²) >= 11 is 7.41. The fourth-order valence-electron chi connectivity index (χ4n) is 1.91. The van der Waals surface area contributed by atoms with Crippen LogP contribution in [0.3, 0.4) is 0 Å². The smallest absolute Gasteiger partial charge is 0.339 e. The lowest BCUT2D eigenvalue weighted by Gasteiger charge is -2.13. The Kier molecular flexibility index (Phi) is 5.54. The van der Waals surface area contributed by atoms with Gasteiger partial charge in [0, 0.05) is 12.6 Å². The standard InChI is InChI=1S/C14H13ClN2O5S/c1-22-14(19)9-4-12(17(20)21)11(5-10(9)15)16-6-13(18)8-2-3-23-7-8/h2-5,7,13,16,18H,6H2,1H3. The number of nitrogens with one attached hydrogen (secondary N) is 1. The number of anilines is 1. The van der Waals surface area contributed by atoms with Crippen molar-refractivity contribution in [1.29, 1.82) is 0 Å². The molecule has 0 aliphatic carbocycles. The van der Waals surface area contributed by atoms with Crippen molar-refractivity contribution in [2.75, 3.05) is 19.0 Å². The van der Waals surface area contributed by atoms with E-state index >= 15 is 0 Å². The normalized spacial score (nSPS) is 11.8. The van der Waals surface area contributed by atoms with Gasteiger partial charge in [-0.05, 0) is 28.5 Å². The highest BCUT2D eigenvalue weighted by atomic mass is 35.5. The van der Waals surface area contributed by atoms with Gasteiger partial charge in [0.05, 0.1) is 28.7 Å². The third-order valence-corrected chi connectivity index (χ3v) is 4.12. The molecule has 2 aromatic rings. The van der Waals surface area contributed by atoms with Crippen molar-refractivity contribution in [3.05, 3.63) is 55.2 Å². The van der Waals surface area contributed by atoms with Crippen LogP contribution in [0, 0.1) is 10.1 Å². The Hall–Kier alpha value is -2.16. The molecule has 7 nitrogen and oxygen atoms in total. The molecule has 1 atom stereocenters. The van der Waals surface area contributed by atoms with Crippen LogP contribution in [0.2, 0.25) is 5.02 Å². The highest BCUT2D eigenvalue weighted by molar-refractivity contribution is 7.07. The Balaban J connectivity index is 2.25. The Morgan fingerprint density at radius 3 is 2.87 bits per heavy atom. The number of nitro groups is 1. The van der Waals surface area contributed by atoms with Gasteiger partial charge < -0.3 is 15.2 Å². The molecule has 1 aromatic carbocycles. The zero-order valence-corrected chi connectivity index (χ0v) is 13.6. The summed E-state index contributed by atoms with van der Waals surface area (Å²) < 4.78 is 4.53. The van der Waals surface area contributed by atoms with Gasteiger partial charge in [0.2, 0.25) is 0 Å². The van der Waals surface area contributed by atoms with Crippen molar-refractivity contribution in [1.82, 2.24) is 0 Å². The number of benzene rings is 1. The summed E-state index contributed by atoms with van der Waals surface area (Å²) in [5, 5.41) is 27.6. The topological polar surface area (TPSA) is 102 Å². The third kappa shape index (κ3) is 3.98. The van der Waals surface area contributed by atoms with Gasteiger partial charge in [-0.3, -0.25) is 10.1 Å². The summed E-state index contributed by atoms with van der Waals surface area (Å²) in [6.45, 7) is 0.0610. The lowest BCUT2D eigenvalue weighted by atomic mass is 10.1. The van der Waals surface area contributed by atoms with Crippen molar-refractivity contribution in [2.45, 2.75) is 6.10 Å². The first kappa shape index (κ1) is 17.2. The van der Waals surface area contributed by atoms with E-state index in [-0.39, 0.29) is 28.5 Å². The minimum absolute atomic E-state index is 0.0231. The molecule has 1 heterocycles. The second-order valence-electron chi connectivity index (χ2n) is 4.55. The van der Waals surface area contributed by atoms with Gasteiger partial charge in [-0.15, -0.1) is 0 Å². The molecule has 0 saturated carbocycles. The average molecular weight is 357 g/mol. The molecule has 2 N–H and O–H groups in total. The van der Waals surface area contributed by atoms with Crippen LogP contribution in [0.4, 0.5) is 11.4 Å². The Morgan fingerprint density at radius 2 is 2.30 bits per heavy atom. The van der Waals surface area contributed by atoms with E-state index in [2.05, 4.69) is 10.1 Å². The number of aliphatic hydroxyl groups is 1. The number of nitrogens with zero attached hydrogens (tertiary/aromatic N) is 1. The second kappa shape index (κ2) is 7.40. The second-order valence-corrected chi connectivity index (χ2v) is 5.74. The van der Waals surface area contributed by atoms with E-state index in [1.54, 1.807) is 11.4 Å². The van der Waals surface area contributed by atoms with Gasteiger partial charge in [0.1, 0.15) is 5.69 Å². The molecule has 23 heavy (non-hydrogen) atoms. The molecule has 0 aliphatic heterocycles.